The Morgan fingerprint density at radius 2 is 1.90 bits per heavy atom. The molecular formula is C22H28N6O2. The van der Waals surface area contributed by atoms with Crippen LogP contribution in [-0.2, 0) is 17.9 Å². The summed E-state index contributed by atoms with van der Waals surface area (Å²) in [4.78, 5) is 27.7. The monoisotopic (exact) mass is 408 g/mol. The van der Waals surface area contributed by atoms with Crippen LogP contribution < -0.4 is 15.8 Å². The summed E-state index contributed by atoms with van der Waals surface area (Å²) in [6, 6.07) is 7.99. The highest BCUT2D eigenvalue weighted by atomic mass is 16.5. The van der Waals surface area contributed by atoms with Crippen LogP contribution in [0.4, 0.5) is 5.95 Å². The molecule has 1 saturated carbocycles. The molecule has 0 spiro atoms. The zero-order valence-corrected chi connectivity index (χ0v) is 17.2. The predicted molar refractivity (Wildman–Crippen MR) is 114 cm³/mol. The minimum absolute atomic E-state index is 0.124. The number of amides is 1. The number of imidazole rings is 1. The van der Waals surface area contributed by atoms with Crippen LogP contribution in [0.1, 0.15) is 50.2 Å². The average molecular weight is 409 g/mol. The van der Waals surface area contributed by atoms with Gasteiger partial charge in [-0.05, 0) is 42.7 Å². The molecule has 30 heavy (non-hydrogen) atoms. The maximum atomic E-state index is 12.4. The number of fused-ring (bicyclic) bond motifs is 1. The van der Waals surface area contributed by atoms with E-state index in [2.05, 4.69) is 32.2 Å². The normalized spacial score (nSPS) is 19.0. The first kappa shape index (κ1) is 20.1. The SMILES string of the molecule is CCC1CCC(C(=O)NCc2ccc(COc3nc(N)nc4nc[nH]c34)cc2)CC1. The summed E-state index contributed by atoms with van der Waals surface area (Å²) >= 11 is 0. The van der Waals surface area contributed by atoms with Crippen LogP contribution in [-0.4, -0.2) is 25.8 Å². The zero-order chi connectivity index (χ0) is 20.9. The van der Waals surface area contributed by atoms with Gasteiger partial charge in [-0.3, -0.25) is 4.79 Å². The van der Waals surface area contributed by atoms with Crippen LogP contribution >= 0.6 is 0 Å². The number of H-pyrrole nitrogens is 1. The summed E-state index contributed by atoms with van der Waals surface area (Å²) in [7, 11) is 0. The van der Waals surface area contributed by atoms with E-state index < -0.39 is 0 Å². The Bertz CT molecular complexity index is 993. The van der Waals surface area contributed by atoms with E-state index in [1.54, 1.807) is 0 Å². The number of hydrogen-bond donors (Lipinski definition) is 3. The van der Waals surface area contributed by atoms with E-state index in [-0.39, 0.29) is 17.8 Å². The molecule has 1 aromatic carbocycles. The van der Waals surface area contributed by atoms with Crippen molar-refractivity contribution in [3.63, 3.8) is 0 Å². The minimum atomic E-state index is 0.124. The number of carbonyl (C=O) groups excluding carboxylic acids is 1. The molecule has 0 unspecified atom stereocenters. The highest BCUT2D eigenvalue weighted by Gasteiger charge is 2.25. The third kappa shape index (κ3) is 4.69. The lowest BCUT2D eigenvalue weighted by molar-refractivity contribution is -0.126. The van der Waals surface area contributed by atoms with E-state index >= 15 is 0 Å². The van der Waals surface area contributed by atoms with Crippen LogP contribution in [0.5, 0.6) is 5.88 Å². The Balaban J connectivity index is 1.28. The van der Waals surface area contributed by atoms with E-state index in [1.165, 1.54) is 25.6 Å². The first-order chi connectivity index (χ1) is 14.6. The van der Waals surface area contributed by atoms with Gasteiger partial charge in [-0.2, -0.15) is 9.97 Å². The van der Waals surface area contributed by atoms with E-state index in [0.29, 0.717) is 30.2 Å². The molecule has 4 N–H and O–H groups in total. The van der Waals surface area contributed by atoms with E-state index in [4.69, 9.17) is 10.5 Å². The molecule has 8 nitrogen and oxygen atoms in total. The van der Waals surface area contributed by atoms with Crippen molar-refractivity contribution in [1.82, 2.24) is 25.3 Å². The van der Waals surface area contributed by atoms with Gasteiger partial charge in [-0.1, -0.05) is 37.6 Å². The standard InChI is InChI=1S/C22H28N6O2/c1-2-14-7-9-17(10-8-14)20(29)24-11-15-3-5-16(6-4-15)12-30-21-18-19(26-13-25-18)27-22(23)28-21/h3-6,13-14,17H,2,7-12H2,1H3,(H,24,29)(H3,23,25,26,27,28). The summed E-state index contributed by atoms with van der Waals surface area (Å²) in [6.45, 7) is 3.13. The molecule has 1 fully saturated rings. The molecule has 8 heteroatoms. The number of hydrogen-bond acceptors (Lipinski definition) is 6. The average Bonchev–Trinajstić information content (AvgIpc) is 3.25. The molecule has 1 aliphatic carbocycles. The van der Waals surface area contributed by atoms with Crippen molar-refractivity contribution < 1.29 is 9.53 Å². The lowest BCUT2D eigenvalue weighted by atomic mass is 9.80. The molecule has 1 aliphatic rings. The van der Waals surface area contributed by atoms with Gasteiger partial charge in [-0.15, -0.1) is 0 Å². The number of nitrogens with zero attached hydrogens (tertiary/aromatic N) is 3. The van der Waals surface area contributed by atoms with Crippen molar-refractivity contribution in [3.8, 4) is 5.88 Å². The van der Waals surface area contributed by atoms with Crippen molar-refractivity contribution >= 4 is 23.0 Å². The Kier molecular flexibility index (Phi) is 6.11. The molecule has 158 valence electrons. The third-order valence-electron chi connectivity index (χ3n) is 5.93. The molecule has 1 amide bonds. The van der Waals surface area contributed by atoms with Gasteiger partial charge in [0.2, 0.25) is 17.7 Å². The molecule has 3 aromatic rings. The lowest BCUT2D eigenvalue weighted by Crippen LogP contribution is -2.32. The highest BCUT2D eigenvalue weighted by molar-refractivity contribution is 5.78. The molecule has 0 radical (unpaired) electrons. The largest absolute Gasteiger partial charge is 0.471 e. The Labute approximate surface area is 175 Å². The fraction of sp³-hybridized carbons (Fsp3) is 0.455. The summed E-state index contributed by atoms with van der Waals surface area (Å²) in [5, 5.41) is 3.09. The maximum Gasteiger partial charge on any atom is 0.245 e. The number of nitrogen functional groups attached to an aromatic ring is 1. The Morgan fingerprint density at radius 3 is 2.63 bits per heavy atom. The molecule has 2 heterocycles. The van der Waals surface area contributed by atoms with Gasteiger partial charge in [0.1, 0.15) is 12.1 Å². The molecule has 0 atom stereocenters. The minimum Gasteiger partial charge on any atom is -0.471 e. The van der Waals surface area contributed by atoms with E-state index in [0.717, 1.165) is 29.9 Å². The number of aromatic amines is 1. The topological polar surface area (TPSA) is 119 Å². The second kappa shape index (κ2) is 9.11. The molecular weight excluding hydrogens is 380 g/mol. The fourth-order valence-electron chi connectivity index (χ4n) is 4.00. The van der Waals surface area contributed by atoms with Crippen LogP contribution in [0, 0.1) is 11.8 Å². The van der Waals surface area contributed by atoms with Crippen molar-refractivity contribution in [1.29, 1.82) is 0 Å². The van der Waals surface area contributed by atoms with Crippen molar-refractivity contribution in [2.45, 2.75) is 52.2 Å². The van der Waals surface area contributed by atoms with Crippen molar-refractivity contribution in [2.24, 2.45) is 11.8 Å². The van der Waals surface area contributed by atoms with Gasteiger partial charge in [0.15, 0.2) is 5.65 Å². The molecule has 0 saturated heterocycles. The second-order valence-corrected chi connectivity index (χ2v) is 7.94. The van der Waals surface area contributed by atoms with Gasteiger partial charge in [-0.25, -0.2) is 4.98 Å². The lowest BCUT2D eigenvalue weighted by Gasteiger charge is -2.26. The molecule has 2 aromatic heterocycles. The molecule has 4 rings (SSSR count). The summed E-state index contributed by atoms with van der Waals surface area (Å²) < 4.78 is 5.81. The molecule has 0 aliphatic heterocycles. The number of aromatic nitrogens is 4. The zero-order valence-electron chi connectivity index (χ0n) is 17.2. The number of nitrogens with two attached hydrogens (primary N) is 1. The van der Waals surface area contributed by atoms with Crippen LogP contribution in [0.15, 0.2) is 30.6 Å². The van der Waals surface area contributed by atoms with E-state index in [9.17, 15) is 4.79 Å². The number of rotatable bonds is 7. The van der Waals surface area contributed by atoms with Gasteiger partial charge >= 0.3 is 0 Å². The van der Waals surface area contributed by atoms with Crippen molar-refractivity contribution in [2.75, 3.05) is 5.73 Å². The molecule has 0 bridgehead atoms. The summed E-state index contributed by atoms with van der Waals surface area (Å²) in [6.07, 6.45) is 7.12. The van der Waals surface area contributed by atoms with Gasteiger partial charge in [0.25, 0.3) is 0 Å². The van der Waals surface area contributed by atoms with Crippen LogP contribution in [0.2, 0.25) is 0 Å². The smallest absolute Gasteiger partial charge is 0.245 e. The van der Waals surface area contributed by atoms with Crippen LogP contribution in [0.25, 0.3) is 11.2 Å². The Hall–Kier alpha value is -3.16. The quantitative estimate of drug-likeness (QED) is 0.552. The number of anilines is 1. The first-order valence-corrected chi connectivity index (χ1v) is 10.6. The number of benzene rings is 1. The second-order valence-electron chi connectivity index (χ2n) is 7.94. The summed E-state index contributed by atoms with van der Waals surface area (Å²) in [5.74, 6) is 1.65. The third-order valence-corrected chi connectivity index (χ3v) is 5.93. The van der Waals surface area contributed by atoms with Gasteiger partial charge in [0, 0.05) is 12.5 Å². The van der Waals surface area contributed by atoms with E-state index in [1.807, 2.05) is 24.3 Å². The highest BCUT2D eigenvalue weighted by Crippen LogP contribution is 2.30. The maximum absolute atomic E-state index is 12.4. The number of nitrogens with one attached hydrogen (secondary N) is 2. The van der Waals surface area contributed by atoms with Gasteiger partial charge < -0.3 is 20.8 Å². The predicted octanol–water partition coefficient (Wildman–Crippen LogP) is 3.35. The number of ether oxygens (including phenoxy) is 1. The first-order valence-electron chi connectivity index (χ1n) is 10.6. The van der Waals surface area contributed by atoms with Crippen molar-refractivity contribution in [3.05, 3.63) is 41.7 Å². The number of carbonyl (C=O) groups is 1. The van der Waals surface area contributed by atoms with Gasteiger partial charge in [0.05, 0.1) is 6.33 Å². The Morgan fingerprint density at radius 1 is 1.17 bits per heavy atom. The summed E-state index contributed by atoms with van der Waals surface area (Å²) in [5.41, 5.74) is 8.87. The fourth-order valence-corrected chi connectivity index (χ4v) is 4.00. The van der Waals surface area contributed by atoms with Crippen LogP contribution in [0.3, 0.4) is 0 Å².